The van der Waals surface area contributed by atoms with E-state index in [-0.39, 0.29) is 11.7 Å². The molecule has 3 rings (SSSR count). The number of hydrogen-bond donors (Lipinski definition) is 0. The molecule has 0 atom stereocenters. The van der Waals surface area contributed by atoms with Gasteiger partial charge in [-0.1, -0.05) is 30.3 Å². The van der Waals surface area contributed by atoms with Crippen LogP contribution in [-0.4, -0.2) is 18.2 Å². The Kier molecular flexibility index (Phi) is 4.37. The molecule has 0 radical (unpaired) electrons. The molecule has 0 bridgehead atoms. The van der Waals surface area contributed by atoms with Crippen molar-refractivity contribution in [2.75, 3.05) is 5.01 Å². The van der Waals surface area contributed by atoms with E-state index in [9.17, 15) is 13.6 Å². The lowest BCUT2D eigenvalue weighted by Gasteiger charge is -2.11. The Balaban J connectivity index is 1.89. The largest absolute Gasteiger partial charge is 0.435 e. The monoisotopic (exact) mass is 328 g/mol. The fourth-order valence-electron chi connectivity index (χ4n) is 2.38. The van der Waals surface area contributed by atoms with E-state index in [1.54, 1.807) is 37.3 Å². The topological polar surface area (TPSA) is 41.9 Å². The van der Waals surface area contributed by atoms with Gasteiger partial charge in [-0.15, -0.1) is 0 Å². The second kappa shape index (κ2) is 6.62. The van der Waals surface area contributed by atoms with Crippen molar-refractivity contribution in [2.24, 2.45) is 5.10 Å². The normalized spacial score (nSPS) is 16.0. The first-order valence-corrected chi connectivity index (χ1v) is 7.26. The van der Waals surface area contributed by atoms with Crippen molar-refractivity contribution < 1.29 is 18.3 Å². The minimum absolute atomic E-state index is 0.0410. The highest BCUT2D eigenvalue weighted by atomic mass is 19.3. The molecular formula is C18H14F2N2O2. The number of carbonyl (C=O) groups is 1. The number of para-hydroxylation sites is 1. The third kappa shape index (κ3) is 3.32. The SMILES string of the molecule is CC1=NN(c2ccccc2)C(=O)C1=Cc1cccc(OC(F)F)c1. The molecule has 0 saturated carbocycles. The van der Waals surface area contributed by atoms with Crippen molar-refractivity contribution in [3.05, 3.63) is 65.7 Å². The Hall–Kier alpha value is -3.02. The maximum absolute atomic E-state index is 12.6. The maximum Gasteiger partial charge on any atom is 0.387 e. The predicted octanol–water partition coefficient (Wildman–Crippen LogP) is 4.09. The first-order chi connectivity index (χ1) is 11.5. The standard InChI is InChI=1S/C18H14F2N2O2/c1-12-16(11-13-6-5-9-15(10-13)24-18(19)20)17(23)22(21-12)14-7-3-2-4-8-14/h2-11,18H,1H3. The molecule has 4 nitrogen and oxygen atoms in total. The number of amides is 1. The van der Waals surface area contributed by atoms with Crippen LogP contribution in [0, 0.1) is 0 Å². The summed E-state index contributed by atoms with van der Waals surface area (Å²) in [5.74, 6) is -0.224. The molecule has 0 N–H and O–H groups in total. The van der Waals surface area contributed by atoms with Crippen LogP contribution < -0.4 is 9.75 Å². The average molecular weight is 328 g/mol. The zero-order valence-electron chi connectivity index (χ0n) is 12.8. The highest BCUT2D eigenvalue weighted by Gasteiger charge is 2.28. The summed E-state index contributed by atoms with van der Waals surface area (Å²) < 4.78 is 29.0. The molecule has 1 aliphatic heterocycles. The molecule has 1 heterocycles. The van der Waals surface area contributed by atoms with Crippen LogP contribution >= 0.6 is 0 Å². The van der Waals surface area contributed by atoms with Crippen molar-refractivity contribution in [3.8, 4) is 5.75 Å². The summed E-state index contributed by atoms with van der Waals surface area (Å²) in [6.07, 6.45) is 1.61. The van der Waals surface area contributed by atoms with Crippen molar-refractivity contribution in [1.82, 2.24) is 0 Å². The molecule has 1 amide bonds. The number of alkyl halides is 2. The number of hydrazone groups is 1. The van der Waals surface area contributed by atoms with Gasteiger partial charge in [-0.2, -0.15) is 18.9 Å². The summed E-state index contributed by atoms with van der Waals surface area (Å²) in [5.41, 5.74) is 2.22. The van der Waals surface area contributed by atoms with Crippen LogP contribution in [0.2, 0.25) is 0 Å². The molecule has 2 aromatic carbocycles. The third-order valence-electron chi connectivity index (χ3n) is 3.46. The summed E-state index contributed by atoms with van der Waals surface area (Å²) in [7, 11) is 0. The highest BCUT2D eigenvalue weighted by molar-refractivity contribution is 6.32. The zero-order valence-corrected chi connectivity index (χ0v) is 12.8. The highest BCUT2D eigenvalue weighted by Crippen LogP contribution is 2.25. The Bertz CT molecular complexity index is 817. The van der Waals surface area contributed by atoms with Gasteiger partial charge in [0, 0.05) is 0 Å². The molecule has 0 aliphatic carbocycles. The number of anilines is 1. The van der Waals surface area contributed by atoms with E-state index >= 15 is 0 Å². The molecule has 0 unspecified atom stereocenters. The fraction of sp³-hybridized carbons (Fsp3) is 0.111. The van der Waals surface area contributed by atoms with Gasteiger partial charge in [0.2, 0.25) is 0 Å². The van der Waals surface area contributed by atoms with Gasteiger partial charge in [-0.25, -0.2) is 0 Å². The number of ether oxygens (including phenoxy) is 1. The van der Waals surface area contributed by atoms with E-state index in [0.29, 0.717) is 22.5 Å². The lowest BCUT2D eigenvalue weighted by molar-refractivity contribution is -0.114. The molecule has 0 saturated heterocycles. The summed E-state index contributed by atoms with van der Waals surface area (Å²) in [6, 6.07) is 15.2. The molecule has 0 aromatic heterocycles. The number of rotatable bonds is 4. The predicted molar refractivity (Wildman–Crippen MR) is 88.1 cm³/mol. The molecular weight excluding hydrogens is 314 g/mol. The number of benzene rings is 2. The number of carbonyl (C=O) groups excluding carboxylic acids is 1. The molecule has 122 valence electrons. The summed E-state index contributed by atoms with van der Waals surface area (Å²) in [6.45, 7) is -1.16. The van der Waals surface area contributed by atoms with Gasteiger partial charge in [-0.05, 0) is 42.8 Å². The van der Waals surface area contributed by atoms with Crippen LogP contribution in [-0.2, 0) is 4.79 Å². The van der Waals surface area contributed by atoms with E-state index in [0.717, 1.165) is 0 Å². The first kappa shape index (κ1) is 15.9. The molecule has 0 fully saturated rings. The Morgan fingerprint density at radius 3 is 2.58 bits per heavy atom. The van der Waals surface area contributed by atoms with Gasteiger partial charge in [0.15, 0.2) is 0 Å². The van der Waals surface area contributed by atoms with Gasteiger partial charge in [-0.3, -0.25) is 4.79 Å². The van der Waals surface area contributed by atoms with Crippen LogP contribution in [0.15, 0.2) is 65.3 Å². The van der Waals surface area contributed by atoms with Crippen LogP contribution in [0.4, 0.5) is 14.5 Å². The number of nitrogens with zero attached hydrogens (tertiary/aromatic N) is 2. The Morgan fingerprint density at radius 1 is 1.12 bits per heavy atom. The molecule has 1 aliphatic rings. The zero-order chi connectivity index (χ0) is 17.1. The van der Waals surface area contributed by atoms with Crippen molar-refractivity contribution in [2.45, 2.75) is 13.5 Å². The van der Waals surface area contributed by atoms with E-state index in [1.807, 2.05) is 18.2 Å². The minimum Gasteiger partial charge on any atom is -0.435 e. The Labute approximate surface area is 137 Å². The van der Waals surface area contributed by atoms with Crippen molar-refractivity contribution >= 4 is 23.4 Å². The second-order valence-electron chi connectivity index (χ2n) is 5.15. The number of hydrogen-bond acceptors (Lipinski definition) is 3. The molecule has 0 spiro atoms. The molecule has 2 aromatic rings. The lowest BCUT2D eigenvalue weighted by atomic mass is 10.1. The fourth-order valence-corrected chi connectivity index (χ4v) is 2.38. The summed E-state index contributed by atoms with van der Waals surface area (Å²) in [4.78, 5) is 12.6. The van der Waals surface area contributed by atoms with Gasteiger partial charge in [0.05, 0.1) is 17.0 Å². The average Bonchev–Trinajstić information content (AvgIpc) is 2.84. The van der Waals surface area contributed by atoms with Crippen LogP contribution in [0.1, 0.15) is 12.5 Å². The van der Waals surface area contributed by atoms with Crippen molar-refractivity contribution in [3.63, 3.8) is 0 Å². The molecule has 6 heteroatoms. The van der Waals surface area contributed by atoms with Gasteiger partial charge >= 0.3 is 6.61 Å². The van der Waals surface area contributed by atoms with Crippen molar-refractivity contribution in [1.29, 1.82) is 0 Å². The van der Waals surface area contributed by atoms with Crippen LogP contribution in [0.25, 0.3) is 6.08 Å². The molecule has 24 heavy (non-hydrogen) atoms. The number of halogens is 2. The van der Waals surface area contributed by atoms with Gasteiger partial charge in [0.1, 0.15) is 5.75 Å². The summed E-state index contributed by atoms with van der Waals surface area (Å²) >= 11 is 0. The van der Waals surface area contributed by atoms with E-state index in [2.05, 4.69) is 9.84 Å². The third-order valence-corrected chi connectivity index (χ3v) is 3.46. The van der Waals surface area contributed by atoms with E-state index in [1.165, 1.54) is 17.1 Å². The second-order valence-corrected chi connectivity index (χ2v) is 5.15. The van der Waals surface area contributed by atoms with Crippen LogP contribution in [0.3, 0.4) is 0 Å². The van der Waals surface area contributed by atoms with E-state index < -0.39 is 6.61 Å². The quantitative estimate of drug-likeness (QED) is 0.793. The summed E-state index contributed by atoms with van der Waals surface area (Å²) in [5, 5.41) is 5.59. The van der Waals surface area contributed by atoms with Crippen LogP contribution in [0.5, 0.6) is 5.75 Å². The van der Waals surface area contributed by atoms with Gasteiger partial charge in [0.25, 0.3) is 5.91 Å². The first-order valence-electron chi connectivity index (χ1n) is 7.26. The smallest absolute Gasteiger partial charge is 0.387 e. The van der Waals surface area contributed by atoms with E-state index in [4.69, 9.17) is 0 Å². The maximum atomic E-state index is 12.6. The minimum atomic E-state index is -2.89. The Morgan fingerprint density at radius 2 is 1.88 bits per heavy atom. The lowest BCUT2D eigenvalue weighted by Crippen LogP contribution is -2.21. The van der Waals surface area contributed by atoms with Gasteiger partial charge < -0.3 is 4.74 Å².